The summed E-state index contributed by atoms with van der Waals surface area (Å²) < 4.78 is 29.3. The second-order valence-electron chi connectivity index (χ2n) is 7.34. The fraction of sp³-hybridized carbons (Fsp3) is 0.611. The van der Waals surface area contributed by atoms with E-state index in [1.165, 1.54) is 11.1 Å². The molecular weight excluding hydrogens is 354 g/mol. The molecule has 0 saturated carbocycles. The van der Waals surface area contributed by atoms with Crippen LogP contribution in [0.3, 0.4) is 0 Å². The molecular formula is C18H25N3O4S. The number of hydrogen-bond donors (Lipinski definition) is 2. The van der Waals surface area contributed by atoms with Crippen molar-refractivity contribution in [2.45, 2.75) is 37.9 Å². The molecule has 1 aliphatic carbocycles. The van der Waals surface area contributed by atoms with Crippen LogP contribution in [0.5, 0.6) is 5.75 Å². The highest BCUT2D eigenvalue weighted by Gasteiger charge is 2.44. The van der Waals surface area contributed by atoms with Crippen LogP contribution in [-0.2, 0) is 29.2 Å². The Hall–Kier alpha value is -1.80. The molecule has 8 heteroatoms. The average Bonchev–Trinajstić information content (AvgIpc) is 3.19. The summed E-state index contributed by atoms with van der Waals surface area (Å²) in [5, 5.41) is 6.18. The van der Waals surface area contributed by atoms with Crippen molar-refractivity contribution in [2.75, 3.05) is 31.7 Å². The Labute approximate surface area is 154 Å². The van der Waals surface area contributed by atoms with Gasteiger partial charge in [-0.15, -0.1) is 0 Å². The van der Waals surface area contributed by atoms with Gasteiger partial charge in [-0.25, -0.2) is 13.2 Å². The summed E-state index contributed by atoms with van der Waals surface area (Å²) in [5.41, 5.74) is 3.63. The van der Waals surface area contributed by atoms with Gasteiger partial charge in [-0.05, 0) is 36.5 Å². The number of hydrogen-bond acceptors (Lipinski definition) is 5. The van der Waals surface area contributed by atoms with Crippen LogP contribution >= 0.6 is 0 Å². The lowest BCUT2D eigenvalue weighted by molar-refractivity contribution is 0.151. The number of fused-ring (bicyclic) bond motifs is 2. The molecule has 0 aromatic heterocycles. The number of benzene rings is 1. The number of sulfone groups is 1. The molecule has 4 rings (SSSR count). The molecule has 26 heavy (non-hydrogen) atoms. The summed E-state index contributed by atoms with van der Waals surface area (Å²) in [6.07, 6.45) is 3.31. The minimum Gasteiger partial charge on any atom is -0.496 e. The molecule has 2 fully saturated rings. The first-order valence-electron chi connectivity index (χ1n) is 9.14. The number of nitrogens with one attached hydrogen (secondary N) is 2. The number of carbonyl (C=O) groups is 1. The van der Waals surface area contributed by atoms with Crippen LogP contribution in [0.1, 0.15) is 23.1 Å². The largest absolute Gasteiger partial charge is 0.496 e. The maximum atomic E-state index is 12.7. The number of ether oxygens (including phenoxy) is 1. The average molecular weight is 379 g/mol. The third kappa shape index (κ3) is 3.27. The van der Waals surface area contributed by atoms with Gasteiger partial charge >= 0.3 is 6.03 Å². The van der Waals surface area contributed by atoms with E-state index >= 15 is 0 Å². The summed E-state index contributed by atoms with van der Waals surface area (Å²) in [4.78, 5) is 14.4. The van der Waals surface area contributed by atoms with Crippen LogP contribution in [-0.4, -0.2) is 63.1 Å². The summed E-state index contributed by atoms with van der Waals surface area (Å²) in [6, 6.07) is 3.56. The van der Waals surface area contributed by atoms with Crippen LogP contribution in [0.15, 0.2) is 12.1 Å². The van der Waals surface area contributed by atoms with Gasteiger partial charge < -0.3 is 20.3 Å². The quantitative estimate of drug-likeness (QED) is 0.797. The smallest absolute Gasteiger partial charge is 0.318 e. The Bertz CT molecular complexity index is 824. The molecule has 2 aliphatic heterocycles. The van der Waals surface area contributed by atoms with Crippen molar-refractivity contribution in [3.8, 4) is 5.75 Å². The number of methoxy groups -OCH3 is 1. The molecule has 0 radical (unpaired) electrons. The highest BCUT2D eigenvalue weighted by Crippen LogP contribution is 2.30. The highest BCUT2D eigenvalue weighted by atomic mass is 32.2. The Balaban J connectivity index is 1.46. The first kappa shape index (κ1) is 17.6. The van der Waals surface area contributed by atoms with Crippen molar-refractivity contribution >= 4 is 15.9 Å². The van der Waals surface area contributed by atoms with Gasteiger partial charge in [-0.1, -0.05) is 6.07 Å². The number of carbonyl (C=O) groups excluding carboxylic acids is 1. The highest BCUT2D eigenvalue weighted by molar-refractivity contribution is 7.91. The van der Waals surface area contributed by atoms with E-state index in [9.17, 15) is 13.2 Å². The predicted molar refractivity (Wildman–Crippen MR) is 98.2 cm³/mol. The first-order valence-corrected chi connectivity index (χ1v) is 11.0. The molecule has 142 valence electrons. The van der Waals surface area contributed by atoms with Crippen LogP contribution in [0.2, 0.25) is 0 Å². The molecule has 7 nitrogen and oxygen atoms in total. The van der Waals surface area contributed by atoms with E-state index < -0.39 is 9.84 Å². The normalized spacial score (nSPS) is 26.3. The van der Waals surface area contributed by atoms with Crippen molar-refractivity contribution < 1.29 is 17.9 Å². The molecule has 3 aliphatic rings. The third-order valence-electron chi connectivity index (χ3n) is 5.67. The SMILES string of the molecule is COc1cc2c(cc1CNC(=O)N1CCN[C@H]3CS(=O)(=O)C[C@H]31)CCC2. The van der Waals surface area contributed by atoms with Crippen LogP contribution in [0.25, 0.3) is 0 Å². The molecule has 0 spiro atoms. The maximum absolute atomic E-state index is 12.7. The molecule has 2 heterocycles. The minimum absolute atomic E-state index is 0.0419. The monoisotopic (exact) mass is 379 g/mol. The Kier molecular flexibility index (Phi) is 4.56. The van der Waals surface area contributed by atoms with Gasteiger partial charge in [0.15, 0.2) is 9.84 Å². The van der Waals surface area contributed by atoms with Gasteiger partial charge in [0, 0.05) is 31.2 Å². The Morgan fingerprint density at radius 3 is 2.85 bits per heavy atom. The van der Waals surface area contributed by atoms with Crippen molar-refractivity contribution in [3.63, 3.8) is 0 Å². The van der Waals surface area contributed by atoms with Crippen LogP contribution in [0, 0.1) is 0 Å². The van der Waals surface area contributed by atoms with E-state index in [4.69, 9.17) is 4.74 Å². The number of piperazine rings is 1. The van der Waals surface area contributed by atoms with Crippen LogP contribution < -0.4 is 15.4 Å². The lowest BCUT2D eigenvalue weighted by Gasteiger charge is -2.37. The van der Waals surface area contributed by atoms with E-state index in [0.717, 1.165) is 30.6 Å². The number of amides is 2. The molecule has 2 amide bonds. The molecule has 0 unspecified atom stereocenters. The summed E-state index contributed by atoms with van der Waals surface area (Å²) in [7, 11) is -1.44. The fourth-order valence-electron chi connectivity index (χ4n) is 4.37. The summed E-state index contributed by atoms with van der Waals surface area (Å²) in [6.45, 7) is 1.51. The van der Waals surface area contributed by atoms with Crippen molar-refractivity contribution in [2.24, 2.45) is 0 Å². The van der Waals surface area contributed by atoms with Crippen molar-refractivity contribution in [1.82, 2.24) is 15.5 Å². The van der Waals surface area contributed by atoms with Gasteiger partial charge in [-0.3, -0.25) is 0 Å². The first-order chi connectivity index (χ1) is 12.5. The van der Waals surface area contributed by atoms with E-state index in [-0.39, 0.29) is 29.6 Å². The van der Waals surface area contributed by atoms with Gasteiger partial charge in [0.1, 0.15) is 5.75 Å². The Morgan fingerprint density at radius 1 is 1.31 bits per heavy atom. The van der Waals surface area contributed by atoms with Gasteiger partial charge in [0.2, 0.25) is 0 Å². The molecule has 2 saturated heterocycles. The number of rotatable bonds is 3. The van der Waals surface area contributed by atoms with Gasteiger partial charge in [0.05, 0.1) is 24.7 Å². The predicted octanol–water partition coefficient (Wildman–Crippen LogP) is 0.464. The van der Waals surface area contributed by atoms with E-state index in [2.05, 4.69) is 22.8 Å². The molecule has 2 atom stereocenters. The molecule has 1 aromatic carbocycles. The third-order valence-corrected chi connectivity index (χ3v) is 7.38. The minimum atomic E-state index is -3.08. The second-order valence-corrected chi connectivity index (χ2v) is 9.50. The Morgan fingerprint density at radius 2 is 2.08 bits per heavy atom. The van der Waals surface area contributed by atoms with Gasteiger partial charge in [-0.2, -0.15) is 0 Å². The zero-order chi connectivity index (χ0) is 18.3. The zero-order valence-electron chi connectivity index (χ0n) is 15.0. The summed E-state index contributed by atoms with van der Waals surface area (Å²) in [5.74, 6) is 0.952. The molecule has 2 N–H and O–H groups in total. The standard InChI is InChI=1S/C18H25N3O4S/c1-25-17-8-13-4-2-3-12(13)7-14(17)9-20-18(22)21-6-5-19-15-10-26(23,24)11-16(15)21/h7-8,15-16,19H,2-6,9-11H2,1H3,(H,20,22)/t15-,16+/m0/s1. The van der Waals surface area contributed by atoms with Crippen molar-refractivity contribution in [3.05, 3.63) is 28.8 Å². The summed E-state index contributed by atoms with van der Waals surface area (Å²) >= 11 is 0. The number of nitrogens with zero attached hydrogens (tertiary/aromatic N) is 1. The lowest BCUT2D eigenvalue weighted by atomic mass is 10.0. The lowest BCUT2D eigenvalue weighted by Crippen LogP contribution is -2.60. The molecule has 1 aromatic rings. The second kappa shape index (κ2) is 6.74. The van der Waals surface area contributed by atoms with E-state index in [1.54, 1.807) is 12.0 Å². The maximum Gasteiger partial charge on any atom is 0.318 e. The van der Waals surface area contributed by atoms with Crippen LogP contribution in [0.4, 0.5) is 4.79 Å². The van der Waals surface area contributed by atoms with Gasteiger partial charge in [0.25, 0.3) is 0 Å². The van der Waals surface area contributed by atoms with Crippen molar-refractivity contribution in [1.29, 1.82) is 0 Å². The zero-order valence-corrected chi connectivity index (χ0v) is 15.8. The number of aryl methyl sites for hydroxylation is 2. The number of urea groups is 1. The topological polar surface area (TPSA) is 87.7 Å². The van der Waals surface area contributed by atoms with E-state index in [1.807, 2.05) is 0 Å². The molecule has 0 bridgehead atoms. The fourth-order valence-corrected chi connectivity index (χ4v) is 6.33. The van der Waals surface area contributed by atoms with E-state index in [0.29, 0.717) is 19.6 Å².